The Bertz CT molecular complexity index is 1270. The maximum atomic E-state index is 4.88. The van der Waals surface area contributed by atoms with Crippen molar-refractivity contribution in [1.82, 2.24) is 24.6 Å². The van der Waals surface area contributed by atoms with Crippen LogP contribution < -0.4 is 5.32 Å². The highest BCUT2D eigenvalue weighted by Crippen LogP contribution is 2.38. The van der Waals surface area contributed by atoms with Crippen molar-refractivity contribution in [3.8, 4) is 21.8 Å². The summed E-state index contributed by atoms with van der Waals surface area (Å²) in [5.41, 5.74) is 5.76. The normalized spacial score (nSPS) is 11.1. The highest BCUT2D eigenvalue weighted by molar-refractivity contribution is 7.19. The van der Waals surface area contributed by atoms with E-state index in [-0.39, 0.29) is 0 Å². The fourth-order valence-corrected chi connectivity index (χ4v) is 4.12. The van der Waals surface area contributed by atoms with Gasteiger partial charge in [0.15, 0.2) is 10.8 Å². The Hall–Kier alpha value is -3.58. The molecule has 0 spiro atoms. The van der Waals surface area contributed by atoms with Crippen LogP contribution in [0.4, 0.5) is 5.13 Å². The summed E-state index contributed by atoms with van der Waals surface area (Å²) in [5, 5.41) is 8.58. The van der Waals surface area contributed by atoms with Gasteiger partial charge in [-0.05, 0) is 36.8 Å². The quantitative estimate of drug-likeness (QED) is 0.459. The molecule has 0 radical (unpaired) electrons. The van der Waals surface area contributed by atoms with E-state index in [9.17, 15) is 0 Å². The van der Waals surface area contributed by atoms with E-state index < -0.39 is 0 Å². The number of benzene rings is 1. The van der Waals surface area contributed by atoms with Gasteiger partial charge in [-0.15, -0.1) is 0 Å². The molecule has 5 aromatic rings. The van der Waals surface area contributed by atoms with Crippen LogP contribution in [0.2, 0.25) is 0 Å². The standard InChI is InChI=1S/C22H18N6S/c1-15-6-5-9-18(26-15)20-21(17-10-11-19-24-14-25-28(19)13-17)29-22(27-20)23-12-16-7-3-2-4-8-16/h2-11,13-14H,12H2,1H3,(H,23,27). The first kappa shape index (κ1) is 17.5. The zero-order valence-electron chi connectivity index (χ0n) is 15.8. The number of pyridine rings is 2. The Morgan fingerprint density at radius 2 is 1.86 bits per heavy atom. The molecular weight excluding hydrogens is 380 g/mol. The molecule has 0 aliphatic rings. The predicted molar refractivity (Wildman–Crippen MR) is 116 cm³/mol. The molecule has 0 fully saturated rings. The van der Waals surface area contributed by atoms with Crippen molar-refractivity contribution >= 4 is 22.1 Å². The fraction of sp³-hybridized carbons (Fsp3) is 0.0909. The van der Waals surface area contributed by atoms with Crippen LogP contribution in [0, 0.1) is 6.92 Å². The van der Waals surface area contributed by atoms with E-state index in [0.29, 0.717) is 0 Å². The highest BCUT2D eigenvalue weighted by Gasteiger charge is 2.17. The maximum absolute atomic E-state index is 4.88. The van der Waals surface area contributed by atoms with E-state index in [0.717, 1.165) is 44.8 Å². The maximum Gasteiger partial charge on any atom is 0.184 e. The number of thiazole rings is 1. The first-order chi connectivity index (χ1) is 14.3. The van der Waals surface area contributed by atoms with E-state index in [1.54, 1.807) is 22.2 Å². The molecule has 29 heavy (non-hydrogen) atoms. The number of aromatic nitrogens is 5. The summed E-state index contributed by atoms with van der Waals surface area (Å²) < 4.78 is 1.78. The van der Waals surface area contributed by atoms with Crippen LogP contribution in [0.5, 0.6) is 0 Å². The molecule has 142 valence electrons. The van der Waals surface area contributed by atoms with Crippen LogP contribution in [0.25, 0.3) is 27.5 Å². The van der Waals surface area contributed by atoms with Gasteiger partial charge in [-0.3, -0.25) is 4.98 Å². The molecule has 1 aromatic carbocycles. The topological polar surface area (TPSA) is 68.0 Å². The number of rotatable bonds is 5. The van der Waals surface area contributed by atoms with Crippen molar-refractivity contribution in [2.45, 2.75) is 13.5 Å². The minimum atomic E-state index is 0.719. The summed E-state index contributed by atoms with van der Waals surface area (Å²) in [5.74, 6) is 0. The molecule has 0 saturated heterocycles. The van der Waals surface area contributed by atoms with Gasteiger partial charge in [-0.2, -0.15) is 5.10 Å². The number of nitrogens with one attached hydrogen (secondary N) is 1. The first-order valence-electron chi connectivity index (χ1n) is 9.29. The Balaban J connectivity index is 1.56. The third-order valence-electron chi connectivity index (χ3n) is 4.58. The Morgan fingerprint density at radius 3 is 2.72 bits per heavy atom. The molecular formula is C22H18N6S. The smallest absolute Gasteiger partial charge is 0.184 e. The predicted octanol–water partition coefficient (Wildman–Crippen LogP) is 4.84. The lowest BCUT2D eigenvalue weighted by atomic mass is 10.1. The van der Waals surface area contributed by atoms with E-state index >= 15 is 0 Å². The van der Waals surface area contributed by atoms with E-state index in [1.165, 1.54) is 5.56 Å². The molecule has 0 aliphatic heterocycles. The second-order valence-corrected chi connectivity index (χ2v) is 7.68. The number of hydrogen-bond donors (Lipinski definition) is 1. The van der Waals surface area contributed by atoms with E-state index in [4.69, 9.17) is 9.97 Å². The van der Waals surface area contributed by atoms with Crippen LogP contribution in [0.1, 0.15) is 11.3 Å². The summed E-state index contributed by atoms with van der Waals surface area (Å²) >= 11 is 1.62. The lowest BCUT2D eigenvalue weighted by molar-refractivity contribution is 0.963. The largest absolute Gasteiger partial charge is 0.357 e. The van der Waals surface area contributed by atoms with E-state index in [2.05, 4.69) is 33.6 Å². The van der Waals surface area contributed by atoms with Crippen LogP contribution in [-0.2, 0) is 6.54 Å². The molecule has 1 N–H and O–H groups in total. The van der Waals surface area contributed by atoms with Gasteiger partial charge < -0.3 is 5.32 Å². The molecule has 4 heterocycles. The third kappa shape index (κ3) is 3.60. The number of nitrogens with zero attached hydrogens (tertiary/aromatic N) is 5. The van der Waals surface area contributed by atoms with Crippen LogP contribution in [0.3, 0.4) is 0 Å². The van der Waals surface area contributed by atoms with Gasteiger partial charge >= 0.3 is 0 Å². The zero-order valence-corrected chi connectivity index (χ0v) is 16.6. The molecule has 7 heteroatoms. The Morgan fingerprint density at radius 1 is 0.966 bits per heavy atom. The van der Waals surface area contributed by atoms with Crippen molar-refractivity contribution in [3.05, 3.63) is 84.4 Å². The molecule has 0 amide bonds. The SMILES string of the molecule is Cc1cccc(-c2nc(NCc3ccccc3)sc2-c2ccc3ncnn3c2)n1. The van der Waals surface area contributed by atoms with Crippen LogP contribution >= 0.6 is 11.3 Å². The average molecular weight is 398 g/mol. The molecule has 0 bridgehead atoms. The number of fused-ring (bicyclic) bond motifs is 1. The third-order valence-corrected chi connectivity index (χ3v) is 5.64. The molecule has 4 aromatic heterocycles. The summed E-state index contributed by atoms with van der Waals surface area (Å²) in [6.07, 6.45) is 3.54. The first-order valence-corrected chi connectivity index (χ1v) is 10.1. The summed E-state index contributed by atoms with van der Waals surface area (Å²) in [4.78, 5) is 14.9. The molecule has 0 saturated carbocycles. The monoisotopic (exact) mass is 398 g/mol. The molecule has 5 rings (SSSR count). The summed E-state index contributed by atoms with van der Waals surface area (Å²) in [6, 6.07) is 20.3. The van der Waals surface area contributed by atoms with Gasteiger partial charge in [-0.1, -0.05) is 47.7 Å². The Kier molecular flexibility index (Phi) is 4.50. The number of anilines is 1. The second kappa shape index (κ2) is 7.44. The van der Waals surface area contributed by atoms with Gasteiger partial charge in [-0.25, -0.2) is 14.5 Å². The van der Waals surface area contributed by atoms with Gasteiger partial charge in [0, 0.05) is 24.0 Å². The van der Waals surface area contributed by atoms with Gasteiger partial charge in [0.05, 0.1) is 10.6 Å². The lowest BCUT2D eigenvalue weighted by Gasteiger charge is -2.03. The molecule has 0 unspecified atom stereocenters. The number of aryl methyl sites for hydroxylation is 1. The average Bonchev–Trinajstić information content (AvgIpc) is 3.39. The van der Waals surface area contributed by atoms with Crippen molar-refractivity contribution in [1.29, 1.82) is 0 Å². The summed E-state index contributed by atoms with van der Waals surface area (Å²) in [7, 11) is 0. The molecule has 6 nitrogen and oxygen atoms in total. The van der Waals surface area contributed by atoms with E-state index in [1.807, 2.05) is 55.6 Å². The minimum absolute atomic E-state index is 0.719. The Labute approximate surface area is 171 Å². The van der Waals surface area contributed by atoms with Gasteiger partial charge in [0.25, 0.3) is 0 Å². The fourth-order valence-electron chi connectivity index (χ4n) is 3.16. The van der Waals surface area contributed by atoms with Gasteiger partial charge in [0.2, 0.25) is 0 Å². The van der Waals surface area contributed by atoms with Gasteiger partial charge in [0.1, 0.15) is 12.0 Å². The highest BCUT2D eigenvalue weighted by atomic mass is 32.1. The lowest BCUT2D eigenvalue weighted by Crippen LogP contribution is -1.98. The van der Waals surface area contributed by atoms with Crippen molar-refractivity contribution in [2.24, 2.45) is 0 Å². The van der Waals surface area contributed by atoms with Crippen LogP contribution in [-0.4, -0.2) is 24.6 Å². The summed E-state index contributed by atoms with van der Waals surface area (Å²) in [6.45, 7) is 2.71. The molecule has 0 aliphatic carbocycles. The molecule has 0 atom stereocenters. The van der Waals surface area contributed by atoms with Crippen molar-refractivity contribution < 1.29 is 0 Å². The van der Waals surface area contributed by atoms with Crippen LogP contribution in [0.15, 0.2) is 73.2 Å². The number of hydrogen-bond acceptors (Lipinski definition) is 6. The second-order valence-electron chi connectivity index (χ2n) is 6.68. The van der Waals surface area contributed by atoms with Crippen molar-refractivity contribution in [3.63, 3.8) is 0 Å². The van der Waals surface area contributed by atoms with Crippen molar-refractivity contribution in [2.75, 3.05) is 5.32 Å². The minimum Gasteiger partial charge on any atom is -0.357 e. The zero-order chi connectivity index (χ0) is 19.6.